The molecule has 0 rings (SSSR count). The van der Waals surface area contributed by atoms with E-state index in [1.807, 2.05) is 6.07 Å². The molecule has 0 heterocycles. The van der Waals surface area contributed by atoms with Gasteiger partial charge in [-0.15, -0.1) is 6.42 Å². The van der Waals surface area contributed by atoms with Crippen LogP contribution in [0, 0.1) is 23.7 Å². The van der Waals surface area contributed by atoms with Gasteiger partial charge in [0.1, 0.15) is 5.54 Å². The summed E-state index contributed by atoms with van der Waals surface area (Å²) in [7, 11) is 0. The maximum absolute atomic E-state index is 8.66. The molecule has 0 fully saturated rings. The number of terminal acetylenes is 1. The summed E-state index contributed by atoms with van der Waals surface area (Å²) in [6, 6.07) is 1.91. The molecule has 0 aromatic rings. The quantitative estimate of drug-likeness (QED) is 0.516. The Labute approximate surface area is 60.7 Å². The molecule has 0 aliphatic carbocycles. The standard InChI is InChI=1S/C7H10N2O/c1-3-4-9-7(2,5-8)6-10/h1,9-10H,4,6H2,2H3. The predicted octanol–water partition coefficient (Wildman–Crippen LogP) is -0.516. The van der Waals surface area contributed by atoms with Crippen LogP contribution in [0.2, 0.25) is 0 Å². The normalized spacial score (nSPS) is 14.8. The van der Waals surface area contributed by atoms with Crippen LogP contribution in [-0.4, -0.2) is 23.8 Å². The molecule has 1 unspecified atom stereocenters. The first-order chi connectivity index (χ1) is 4.68. The van der Waals surface area contributed by atoms with Crippen molar-refractivity contribution in [2.24, 2.45) is 0 Å². The number of hydrogen-bond acceptors (Lipinski definition) is 3. The Morgan fingerprint density at radius 1 is 1.80 bits per heavy atom. The molecular weight excluding hydrogens is 128 g/mol. The topological polar surface area (TPSA) is 56.0 Å². The minimum absolute atomic E-state index is 0.231. The number of nitrogens with zero attached hydrogens (tertiary/aromatic N) is 1. The van der Waals surface area contributed by atoms with Gasteiger partial charge in [0.15, 0.2) is 0 Å². The molecule has 54 valence electrons. The van der Waals surface area contributed by atoms with E-state index in [1.165, 1.54) is 0 Å². The highest BCUT2D eigenvalue weighted by molar-refractivity contribution is 5.05. The largest absolute Gasteiger partial charge is 0.393 e. The molecule has 0 saturated carbocycles. The average molecular weight is 138 g/mol. The summed E-state index contributed by atoms with van der Waals surface area (Å²) < 4.78 is 0. The van der Waals surface area contributed by atoms with Gasteiger partial charge in [0, 0.05) is 0 Å². The third-order valence-corrected chi connectivity index (χ3v) is 1.14. The Morgan fingerprint density at radius 2 is 2.40 bits per heavy atom. The molecular formula is C7H10N2O. The number of aliphatic hydroxyl groups excluding tert-OH is 1. The highest BCUT2D eigenvalue weighted by atomic mass is 16.3. The molecule has 0 amide bonds. The number of nitrogens with one attached hydrogen (secondary N) is 1. The second-order valence-corrected chi connectivity index (χ2v) is 2.16. The van der Waals surface area contributed by atoms with E-state index in [-0.39, 0.29) is 6.61 Å². The van der Waals surface area contributed by atoms with Crippen molar-refractivity contribution in [2.75, 3.05) is 13.2 Å². The van der Waals surface area contributed by atoms with Gasteiger partial charge < -0.3 is 5.11 Å². The second-order valence-electron chi connectivity index (χ2n) is 2.16. The van der Waals surface area contributed by atoms with E-state index in [4.69, 9.17) is 16.8 Å². The molecule has 0 aliphatic heterocycles. The third kappa shape index (κ3) is 2.50. The zero-order valence-corrected chi connectivity index (χ0v) is 5.89. The number of nitriles is 1. The Hall–Kier alpha value is -1.03. The zero-order valence-electron chi connectivity index (χ0n) is 5.89. The maximum atomic E-state index is 8.66. The van der Waals surface area contributed by atoms with Gasteiger partial charge in [-0.1, -0.05) is 5.92 Å². The van der Waals surface area contributed by atoms with E-state index in [9.17, 15) is 0 Å². The van der Waals surface area contributed by atoms with Crippen LogP contribution in [0.15, 0.2) is 0 Å². The van der Waals surface area contributed by atoms with Gasteiger partial charge in [0.25, 0.3) is 0 Å². The molecule has 2 N–H and O–H groups in total. The molecule has 0 aliphatic rings. The Morgan fingerprint density at radius 3 is 2.70 bits per heavy atom. The smallest absolute Gasteiger partial charge is 0.127 e. The lowest BCUT2D eigenvalue weighted by molar-refractivity contribution is 0.217. The van der Waals surface area contributed by atoms with Crippen LogP contribution >= 0.6 is 0 Å². The first kappa shape index (κ1) is 8.97. The van der Waals surface area contributed by atoms with Crippen molar-refractivity contribution in [2.45, 2.75) is 12.5 Å². The summed E-state index contributed by atoms with van der Waals surface area (Å²) in [6.45, 7) is 1.65. The van der Waals surface area contributed by atoms with Gasteiger partial charge in [-0.25, -0.2) is 0 Å². The van der Waals surface area contributed by atoms with E-state index < -0.39 is 5.54 Å². The summed E-state index contributed by atoms with van der Waals surface area (Å²) in [4.78, 5) is 0. The lowest BCUT2D eigenvalue weighted by Crippen LogP contribution is -2.44. The summed E-state index contributed by atoms with van der Waals surface area (Å²) in [5.41, 5.74) is -0.896. The van der Waals surface area contributed by atoms with Crippen LogP contribution in [0.3, 0.4) is 0 Å². The van der Waals surface area contributed by atoms with E-state index >= 15 is 0 Å². The molecule has 3 heteroatoms. The summed E-state index contributed by atoms with van der Waals surface area (Å²) in [5.74, 6) is 2.32. The van der Waals surface area contributed by atoms with E-state index in [0.29, 0.717) is 6.54 Å². The first-order valence-corrected chi connectivity index (χ1v) is 2.89. The Bertz CT molecular complexity index is 177. The van der Waals surface area contributed by atoms with Crippen molar-refractivity contribution >= 4 is 0 Å². The van der Waals surface area contributed by atoms with Crippen LogP contribution < -0.4 is 5.32 Å². The molecule has 0 saturated heterocycles. The molecule has 0 bridgehead atoms. The minimum atomic E-state index is -0.896. The van der Waals surface area contributed by atoms with Crippen molar-refractivity contribution < 1.29 is 5.11 Å². The lowest BCUT2D eigenvalue weighted by Gasteiger charge is -2.17. The molecule has 0 aromatic heterocycles. The van der Waals surface area contributed by atoms with Gasteiger partial charge in [-0.2, -0.15) is 5.26 Å². The van der Waals surface area contributed by atoms with Gasteiger partial charge in [-0.05, 0) is 6.92 Å². The van der Waals surface area contributed by atoms with Crippen molar-refractivity contribution in [3.8, 4) is 18.4 Å². The van der Waals surface area contributed by atoms with Crippen molar-refractivity contribution in [1.29, 1.82) is 5.26 Å². The molecule has 1 atom stereocenters. The van der Waals surface area contributed by atoms with Gasteiger partial charge in [-0.3, -0.25) is 5.32 Å². The lowest BCUT2D eigenvalue weighted by atomic mass is 10.1. The average Bonchev–Trinajstić information content (AvgIpc) is 2.00. The van der Waals surface area contributed by atoms with Gasteiger partial charge in [0.2, 0.25) is 0 Å². The fourth-order valence-electron chi connectivity index (χ4n) is 0.377. The van der Waals surface area contributed by atoms with Crippen molar-refractivity contribution in [3.63, 3.8) is 0 Å². The van der Waals surface area contributed by atoms with E-state index in [0.717, 1.165) is 0 Å². The fraction of sp³-hybridized carbons (Fsp3) is 0.571. The van der Waals surface area contributed by atoms with E-state index in [1.54, 1.807) is 6.92 Å². The highest BCUT2D eigenvalue weighted by Crippen LogP contribution is 1.97. The molecule has 0 radical (unpaired) electrons. The Kier molecular flexibility index (Phi) is 3.49. The number of aliphatic hydroxyl groups is 1. The molecule has 0 aromatic carbocycles. The SMILES string of the molecule is C#CCNC(C)(C#N)CO. The summed E-state index contributed by atoms with van der Waals surface area (Å²) >= 11 is 0. The number of rotatable bonds is 3. The van der Waals surface area contributed by atoms with Crippen LogP contribution in [-0.2, 0) is 0 Å². The first-order valence-electron chi connectivity index (χ1n) is 2.89. The highest BCUT2D eigenvalue weighted by Gasteiger charge is 2.20. The number of hydrogen-bond donors (Lipinski definition) is 2. The predicted molar refractivity (Wildman–Crippen MR) is 37.9 cm³/mol. The fourth-order valence-corrected chi connectivity index (χ4v) is 0.377. The van der Waals surface area contributed by atoms with Crippen LogP contribution in [0.1, 0.15) is 6.92 Å². The van der Waals surface area contributed by atoms with Crippen molar-refractivity contribution in [1.82, 2.24) is 5.32 Å². The third-order valence-electron chi connectivity index (χ3n) is 1.14. The Balaban J connectivity index is 3.87. The molecule has 10 heavy (non-hydrogen) atoms. The van der Waals surface area contributed by atoms with Crippen LogP contribution in [0.5, 0.6) is 0 Å². The minimum Gasteiger partial charge on any atom is -0.393 e. The molecule has 0 spiro atoms. The van der Waals surface area contributed by atoms with E-state index in [2.05, 4.69) is 11.2 Å². The van der Waals surface area contributed by atoms with Gasteiger partial charge >= 0.3 is 0 Å². The summed E-state index contributed by atoms with van der Waals surface area (Å²) in [6.07, 6.45) is 4.94. The zero-order chi connectivity index (χ0) is 8.04. The summed E-state index contributed by atoms with van der Waals surface area (Å²) in [5, 5.41) is 19.8. The van der Waals surface area contributed by atoms with Crippen LogP contribution in [0.4, 0.5) is 0 Å². The van der Waals surface area contributed by atoms with Crippen LogP contribution in [0.25, 0.3) is 0 Å². The van der Waals surface area contributed by atoms with Gasteiger partial charge in [0.05, 0.1) is 19.2 Å². The maximum Gasteiger partial charge on any atom is 0.127 e. The monoisotopic (exact) mass is 138 g/mol. The molecule has 3 nitrogen and oxygen atoms in total. The second kappa shape index (κ2) is 3.90. The van der Waals surface area contributed by atoms with Crippen molar-refractivity contribution in [3.05, 3.63) is 0 Å².